The van der Waals surface area contributed by atoms with Gasteiger partial charge in [0.15, 0.2) is 0 Å². The number of allylic oxidation sites excluding steroid dienone is 2. The molecule has 4 aliphatic carbocycles. The Morgan fingerprint density at radius 2 is 1.51 bits per heavy atom. The van der Waals surface area contributed by atoms with Crippen LogP contribution in [0.5, 0.6) is 0 Å². The lowest BCUT2D eigenvalue weighted by Crippen LogP contribution is -2.60. The zero-order valence-corrected chi connectivity index (χ0v) is 24.4. The van der Waals surface area contributed by atoms with Crippen molar-refractivity contribution in [2.75, 3.05) is 0 Å². The van der Waals surface area contributed by atoms with E-state index in [1.807, 2.05) is 0 Å². The Morgan fingerprint density at radius 1 is 0.892 bits per heavy atom. The van der Waals surface area contributed by atoms with E-state index in [-0.39, 0.29) is 28.7 Å². The van der Waals surface area contributed by atoms with Gasteiger partial charge < -0.3 is 9.47 Å². The highest BCUT2D eigenvalue weighted by Crippen LogP contribution is 2.68. The van der Waals surface area contributed by atoms with Crippen LogP contribution < -0.4 is 0 Å². The fraction of sp³-hybridized carbons (Fsp3) is 0.844. The molecule has 0 radical (unpaired) electrons. The topological polar surface area (TPSA) is 69.7 Å². The zero-order chi connectivity index (χ0) is 27.3. The Balaban J connectivity index is 1.57. The van der Waals surface area contributed by atoms with E-state index in [2.05, 4.69) is 53.7 Å². The molecule has 5 nitrogen and oxygen atoms in total. The van der Waals surface area contributed by atoms with Gasteiger partial charge in [0.25, 0.3) is 0 Å². The molecule has 4 aliphatic rings. The van der Waals surface area contributed by atoms with Crippen LogP contribution in [0.1, 0.15) is 100 Å². The maximum absolute atomic E-state index is 13.7. The molecule has 0 aromatic carbocycles. The van der Waals surface area contributed by atoms with Gasteiger partial charge in [0, 0.05) is 26.2 Å². The van der Waals surface area contributed by atoms with E-state index >= 15 is 0 Å². The van der Waals surface area contributed by atoms with E-state index in [1.54, 1.807) is 0 Å². The predicted molar refractivity (Wildman–Crippen MR) is 144 cm³/mol. The maximum Gasteiger partial charge on any atom is 0.303 e. The Kier molecular flexibility index (Phi) is 8.04. The minimum atomic E-state index is -0.537. The lowest BCUT2D eigenvalue weighted by atomic mass is 9.44. The summed E-state index contributed by atoms with van der Waals surface area (Å²) in [5.41, 5.74) is 0.0358. The number of ketones is 1. The van der Waals surface area contributed by atoms with Crippen LogP contribution in [0.15, 0.2) is 12.2 Å². The van der Waals surface area contributed by atoms with Crippen LogP contribution in [0.4, 0.5) is 0 Å². The summed E-state index contributed by atoms with van der Waals surface area (Å²) in [4.78, 5) is 37.5. The van der Waals surface area contributed by atoms with Gasteiger partial charge in [-0.1, -0.05) is 53.7 Å². The molecule has 4 saturated carbocycles. The molecule has 4 fully saturated rings. The number of ether oxygens (including phenoxy) is 2. The molecule has 0 aromatic rings. The molecular weight excluding hydrogens is 464 g/mol. The van der Waals surface area contributed by atoms with Crippen molar-refractivity contribution in [3.8, 4) is 0 Å². The van der Waals surface area contributed by atoms with Crippen molar-refractivity contribution in [1.82, 2.24) is 0 Å². The maximum atomic E-state index is 13.7. The first kappa shape index (κ1) is 28.4. The van der Waals surface area contributed by atoms with Crippen molar-refractivity contribution in [3.63, 3.8) is 0 Å². The molecule has 11 atom stereocenters. The Bertz CT molecular complexity index is 922. The molecule has 0 heterocycles. The molecule has 4 rings (SSSR count). The van der Waals surface area contributed by atoms with Crippen molar-refractivity contribution in [3.05, 3.63) is 12.2 Å². The smallest absolute Gasteiger partial charge is 0.303 e. The van der Waals surface area contributed by atoms with Gasteiger partial charge in [-0.15, -0.1) is 0 Å². The van der Waals surface area contributed by atoms with Crippen LogP contribution in [0.3, 0.4) is 0 Å². The first-order chi connectivity index (χ1) is 17.3. The summed E-state index contributed by atoms with van der Waals surface area (Å²) in [5.74, 6) is 3.29. The molecular formula is C32H50O5. The molecule has 0 unspecified atom stereocenters. The summed E-state index contributed by atoms with van der Waals surface area (Å²) in [5, 5.41) is 0. The highest BCUT2D eigenvalue weighted by Gasteiger charge is 2.64. The molecule has 0 saturated heterocycles. The summed E-state index contributed by atoms with van der Waals surface area (Å²) >= 11 is 0. The van der Waals surface area contributed by atoms with E-state index < -0.39 is 12.2 Å². The van der Waals surface area contributed by atoms with Crippen LogP contribution in [-0.4, -0.2) is 29.9 Å². The van der Waals surface area contributed by atoms with Gasteiger partial charge in [0.05, 0.1) is 0 Å². The average Bonchev–Trinajstić information content (AvgIpc) is 3.15. The second kappa shape index (κ2) is 10.5. The lowest BCUT2D eigenvalue weighted by Gasteiger charge is -2.61. The molecule has 0 spiro atoms. The van der Waals surface area contributed by atoms with Gasteiger partial charge >= 0.3 is 11.9 Å². The third-order valence-corrected chi connectivity index (χ3v) is 11.5. The van der Waals surface area contributed by atoms with Crippen molar-refractivity contribution >= 4 is 17.7 Å². The molecule has 0 aromatic heterocycles. The van der Waals surface area contributed by atoms with Crippen LogP contribution in [-0.2, 0) is 23.9 Å². The van der Waals surface area contributed by atoms with Crippen molar-refractivity contribution in [1.29, 1.82) is 0 Å². The fourth-order valence-electron chi connectivity index (χ4n) is 9.31. The van der Waals surface area contributed by atoms with Gasteiger partial charge in [-0.3, -0.25) is 14.4 Å². The minimum Gasteiger partial charge on any atom is -0.459 e. The number of carbonyl (C=O) groups is 3. The van der Waals surface area contributed by atoms with Crippen molar-refractivity contribution in [2.24, 2.45) is 58.2 Å². The summed E-state index contributed by atoms with van der Waals surface area (Å²) in [6.45, 7) is 16.9. The van der Waals surface area contributed by atoms with Crippen molar-refractivity contribution in [2.45, 2.75) is 113 Å². The van der Waals surface area contributed by atoms with Gasteiger partial charge in [-0.05, 0) is 90.8 Å². The average molecular weight is 515 g/mol. The van der Waals surface area contributed by atoms with Crippen LogP contribution in [0.2, 0.25) is 0 Å². The molecule has 0 bridgehead atoms. The number of rotatable bonds is 6. The molecule has 37 heavy (non-hydrogen) atoms. The van der Waals surface area contributed by atoms with Gasteiger partial charge in [0.2, 0.25) is 0 Å². The summed E-state index contributed by atoms with van der Waals surface area (Å²) < 4.78 is 11.3. The summed E-state index contributed by atoms with van der Waals surface area (Å²) in [6, 6.07) is 0. The Hall–Kier alpha value is -1.65. The van der Waals surface area contributed by atoms with E-state index in [0.717, 1.165) is 6.42 Å². The zero-order valence-electron chi connectivity index (χ0n) is 24.4. The highest BCUT2D eigenvalue weighted by atomic mass is 16.6. The number of fused-ring (bicyclic) bond motifs is 5. The third-order valence-electron chi connectivity index (χ3n) is 11.5. The Morgan fingerprint density at radius 3 is 2.14 bits per heavy atom. The van der Waals surface area contributed by atoms with E-state index in [1.165, 1.54) is 33.1 Å². The number of carbonyl (C=O) groups excluding carboxylic acids is 3. The SMILES string of the molecule is CC(=O)O[C@H]1C[C@@]2(C)[C@H](C[C@H]1OC(C)=O)C(=O)C[C@@H]1[C@@H]2CC[C@]2(C)[C@@H]([C@H](C)/C=C/[C@H](C)C(C)C)CC[C@@H]12. The Labute approximate surface area is 224 Å². The second-order valence-corrected chi connectivity index (χ2v) is 13.9. The minimum absolute atomic E-state index is 0.133. The monoisotopic (exact) mass is 514 g/mol. The van der Waals surface area contributed by atoms with E-state index in [0.29, 0.717) is 66.5 Å². The van der Waals surface area contributed by atoms with Gasteiger partial charge in [0.1, 0.15) is 18.0 Å². The fourth-order valence-corrected chi connectivity index (χ4v) is 9.31. The second-order valence-electron chi connectivity index (χ2n) is 13.9. The molecule has 0 N–H and O–H groups in total. The first-order valence-electron chi connectivity index (χ1n) is 14.8. The van der Waals surface area contributed by atoms with Crippen LogP contribution >= 0.6 is 0 Å². The van der Waals surface area contributed by atoms with Crippen LogP contribution in [0.25, 0.3) is 0 Å². The largest absolute Gasteiger partial charge is 0.459 e. The van der Waals surface area contributed by atoms with Crippen LogP contribution in [0, 0.1) is 58.2 Å². The molecule has 208 valence electrons. The number of esters is 2. The molecule has 0 amide bonds. The molecule has 0 aliphatic heterocycles. The number of hydrogen-bond donors (Lipinski definition) is 0. The van der Waals surface area contributed by atoms with Gasteiger partial charge in [-0.25, -0.2) is 0 Å². The van der Waals surface area contributed by atoms with E-state index in [9.17, 15) is 14.4 Å². The van der Waals surface area contributed by atoms with E-state index in [4.69, 9.17) is 9.47 Å². The summed E-state index contributed by atoms with van der Waals surface area (Å²) in [6.07, 6.45) is 10.4. The highest BCUT2D eigenvalue weighted by molar-refractivity contribution is 5.83. The third kappa shape index (κ3) is 5.17. The van der Waals surface area contributed by atoms with Crippen molar-refractivity contribution < 1.29 is 23.9 Å². The summed E-state index contributed by atoms with van der Waals surface area (Å²) in [7, 11) is 0. The quantitative estimate of drug-likeness (QED) is 0.289. The normalized spacial score (nSPS) is 43.1. The lowest BCUT2D eigenvalue weighted by molar-refractivity contribution is -0.195. The first-order valence-corrected chi connectivity index (χ1v) is 14.8. The molecule has 5 heteroatoms. The standard InChI is InChI=1S/C32H50O5/c1-18(2)19(3)9-10-20(4)24-11-12-25-23-15-28(35)27-16-29(36-21(5)33)30(37-22(6)34)17-32(27,8)26(23)13-14-31(24,25)7/h9-10,18-20,23-27,29-30H,11-17H2,1-8H3/b10-9+/t19-,20+,23-,24+,25-,26-,27+,29+,30-,31+,32+/m0/s1. The van der Waals surface area contributed by atoms with Gasteiger partial charge in [-0.2, -0.15) is 0 Å². The number of hydrogen-bond acceptors (Lipinski definition) is 5. The number of Topliss-reactive ketones (excluding diaryl/α,β-unsaturated/α-hetero) is 1. The predicted octanol–water partition coefficient (Wildman–Crippen LogP) is 6.78.